The van der Waals surface area contributed by atoms with E-state index in [0.717, 1.165) is 23.4 Å². The van der Waals surface area contributed by atoms with E-state index in [1.165, 1.54) is 12.1 Å². The second kappa shape index (κ2) is 9.85. The van der Waals surface area contributed by atoms with Gasteiger partial charge in [0.25, 0.3) is 0 Å². The molecule has 0 atom stereocenters. The molecule has 9 heteroatoms. The summed E-state index contributed by atoms with van der Waals surface area (Å²) in [7, 11) is 0. The molecule has 0 aliphatic rings. The predicted molar refractivity (Wildman–Crippen MR) is 129 cm³/mol. The Kier molecular flexibility index (Phi) is 7.28. The first-order valence-corrected chi connectivity index (χ1v) is 11.0. The zero-order valence-electron chi connectivity index (χ0n) is 20.2. The van der Waals surface area contributed by atoms with Gasteiger partial charge in [0.1, 0.15) is 17.0 Å². The van der Waals surface area contributed by atoms with Crippen molar-refractivity contribution in [3.63, 3.8) is 0 Å². The molecular weight excluding hydrogens is 459 g/mol. The van der Waals surface area contributed by atoms with E-state index in [-0.39, 0.29) is 17.1 Å². The molecule has 1 heterocycles. The third-order valence-electron chi connectivity index (χ3n) is 5.30. The molecule has 0 saturated heterocycles. The largest absolute Gasteiger partial charge is 0.456 e. The van der Waals surface area contributed by atoms with Gasteiger partial charge in [-0.1, -0.05) is 36.4 Å². The Bertz CT molecular complexity index is 1230. The molecule has 0 fully saturated rings. The molecule has 186 valence electrons. The Morgan fingerprint density at radius 1 is 0.943 bits per heavy atom. The first-order chi connectivity index (χ1) is 16.3. The smallest absolute Gasteiger partial charge is 0.416 e. The minimum atomic E-state index is -4.54. The number of hydrogen-bond donors (Lipinski definition) is 2. The Hall–Kier alpha value is -3.75. The fourth-order valence-electron chi connectivity index (χ4n) is 3.58. The van der Waals surface area contributed by atoms with Crippen LogP contribution >= 0.6 is 0 Å². The lowest BCUT2D eigenvalue weighted by molar-refractivity contribution is -0.137. The molecule has 0 saturated carbocycles. The van der Waals surface area contributed by atoms with Crippen LogP contribution in [0, 0.1) is 13.8 Å². The van der Waals surface area contributed by atoms with Crippen LogP contribution in [0.2, 0.25) is 0 Å². The number of alkyl halides is 3. The average Bonchev–Trinajstić information content (AvgIpc) is 2.97. The number of esters is 1. The maximum absolute atomic E-state index is 13.1. The highest BCUT2D eigenvalue weighted by molar-refractivity contribution is 6.05. The molecule has 0 aliphatic carbocycles. The topological polar surface area (TPSA) is 72.4 Å². The summed E-state index contributed by atoms with van der Waals surface area (Å²) in [6, 6.07) is 13.0. The minimum absolute atomic E-state index is 0.0363. The van der Waals surface area contributed by atoms with Crippen molar-refractivity contribution in [3.8, 4) is 0 Å². The Morgan fingerprint density at radius 3 is 2.20 bits per heavy atom. The van der Waals surface area contributed by atoms with Crippen LogP contribution in [-0.2, 0) is 17.5 Å². The number of nitrogens with zero attached hydrogens (tertiary/aromatic N) is 1. The van der Waals surface area contributed by atoms with Gasteiger partial charge in [-0.2, -0.15) is 13.2 Å². The second-order valence-electron chi connectivity index (χ2n) is 9.17. The summed E-state index contributed by atoms with van der Waals surface area (Å²) in [5.74, 6) is -0.415. The summed E-state index contributed by atoms with van der Waals surface area (Å²) < 4.78 is 46.5. The normalized spacial score (nSPS) is 11.8. The van der Waals surface area contributed by atoms with E-state index in [9.17, 15) is 22.8 Å². The average molecular weight is 488 g/mol. The molecule has 6 nitrogen and oxygen atoms in total. The number of amides is 2. The van der Waals surface area contributed by atoms with E-state index < -0.39 is 29.3 Å². The SMILES string of the molecule is Cc1c(C(=O)OC(C)(C)C)c(NC(=O)Nc2cccc(C(F)(F)F)c2)n(Cc2ccccc2)c1C. The molecular formula is C26H28F3N3O3. The van der Waals surface area contributed by atoms with Crippen LogP contribution in [0.3, 0.4) is 0 Å². The van der Waals surface area contributed by atoms with Crippen molar-refractivity contribution in [2.45, 2.75) is 52.9 Å². The lowest BCUT2D eigenvalue weighted by atomic mass is 10.1. The number of nitrogens with one attached hydrogen (secondary N) is 2. The second-order valence-corrected chi connectivity index (χ2v) is 9.17. The molecule has 35 heavy (non-hydrogen) atoms. The summed E-state index contributed by atoms with van der Waals surface area (Å²) in [6.45, 7) is 9.15. The van der Waals surface area contributed by atoms with Crippen molar-refractivity contribution < 1.29 is 27.5 Å². The van der Waals surface area contributed by atoms with Crippen molar-refractivity contribution in [2.24, 2.45) is 0 Å². The van der Waals surface area contributed by atoms with Crippen molar-refractivity contribution in [1.29, 1.82) is 0 Å². The number of hydrogen-bond acceptors (Lipinski definition) is 3. The first kappa shape index (κ1) is 25.9. The van der Waals surface area contributed by atoms with E-state index in [2.05, 4.69) is 10.6 Å². The number of benzene rings is 2. The molecule has 2 aromatic carbocycles. The summed E-state index contributed by atoms with van der Waals surface area (Å²) in [5.41, 5.74) is 0.801. The molecule has 1 aromatic heterocycles. The van der Waals surface area contributed by atoms with Gasteiger partial charge >= 0.3 is 18.2 Å². The molecule has 2 amide bonds. The predicted octanol–water partition coefficient (Wildman–Crippen LogP) is 6.77. The van der Waals surface area contributed by atoms with Gasteiger partial charge in [-0.25, -0.2) is 9.59 Å². The van der Waals surface area contributed by atoms with Crippen LogP contribution in [0.1, 0.15) is 53.5 Å². The molecule has 3 rings (SSSR count). The summed E-state index contributed by atoms with van der Waals surface area (Å²) >= 11 is 0. The number of rotatable bonds is 5. The van der Waals surface area contributed by atoms with Crippen molar-refractivity contribution in [3.05, 3.63) is 82.5 Å². The molecule has 0 spiro atoms. The van der Waals surface area contributed by atoms with Gasteiger partial charge in [0.2, 0.25) is 0 Å². The fourth-order valence-corrected chi connectivity index (χ4v) is 3.58. The van der Waals surface area contributed by atoms with Crippen LogP contribution in [0.5, 0.6) is 0 Å². The molecule has 2 N–H and O–H groups in total. The quantitative estimate of drug-likeness (QED) is 0.390. The van der Waals surface area contributed by atoms with E-state index in [1.807, 2.05) is 37.3 Å². The molecule has 3 aromatic rings. The number of halogens is 3. The first-order valence-electron chi connectivity index (χ1n) is 11.0. The van der Waals surface area contributed by atoms with Crippen LogP contribution in [0.15, 0.2) is 54.6 Å². The van der Waals surface area contributed by atoms with Gasteiger partial charge in [0.05, 0.1) is 5.56 Å². The summed E-state index contributed by atoms with van der Waals surface area (Å²) in [6.07, 6.45) is -4.54. The maximum atomic E-state index is 13.1. The van der Waals surface area contributed by atoms with Gasteiger partial charge in [-0.3, -0.25) is 5.32 Å². The molecule has 0 unspecified atom stereocenters. The van der Waals surface area contributed by atoms with E-state index in [1.54, 1.807) is 32.3 Å². The van der Waals surface area contributed by atoms with Gasteiger partial charge in [0.15, 0.2) is 0 Å². The lowest BCUT2D eigenvalue weighted by Crippen LogP contribution is -2.27. The Labute approximate surface area is 202 Å². The minimum Gasteiger partial charge on any atom is -0.456 e. The van der Waals surface area contributed by atoms with E-state index in [0.29, 0.717) is 12.1 Å². The standard InChI is InChI=1S/C26H28F3N3O3/c1-16-17(2)32(15-18-10-7-6-8-11-18)22(21(16)23(33)35-25(3,4)5)31-24(34)30-20-13-9-12-19(14-20)26(27,28)29/h6-14H,15H2,1-5H3,(H2,30,31,34). The van der Waals surface area contributed by atoms with Gasteiger partial charge in [-0.15, -0.1) is 0 Å². The highest BCUT2D eigenvalue weighted by Gasteiger charge is 2.31. The molecule has 0 bridgehead atoms. The number of ether oxygens (including phenoxy) is 1. The third kappa shape index (κ3) is 6.44. The highest BCUT2D eigenvalue weighted by atomic mass is 19.4. The zero-order valence-corrected chi connectivity index (χ0v) is 20.2. The van der Waals surface area contributed by atoms with Gasteiger partial charge in [-0.05, 0) is 63.9 Å². The van der Waals surface area contributed by atoms with Crippen LogP contribution in [0.25, 0.3) is 0 Å². The number of carbonyl (C=O) groups excluding carboxylic acids is 2. The summed E-state index contributed by atoms with van der Waals surface area (Å²) in [4.78, 5) is 25.9. The van der Waals surface area contributed by atoms with Crippen molar-refractivity contribution in [2.75, 3.05) is 10.6 Å². The lowest BCUT2D eigenvalue weighted by Gasteiger charge is -2.20. The van der Waals surface area contributed by atoms with Gasteiger partial charge < -0.3 is 14.6 Å². The van der Waals surface area contributed by atoms with E-state index in [4.69, 9.17) is 4.74 Å². The number of aromatic nitrogens is 1. The van der Waals surface area contributed by atoms with Crippen molar-refractivity contribution >= 4 is 23.5 Å². The van der Waals surface area contributed by atoms with E-state index >= 15 is 0 Å². The highest BCUT2D eigenvalue weighted by Crippen LogP contribution is 2.32. The fraction of sp³-hybridized carbons (Fsp3) is 0.308. The van der Waals surface area contributed by atoms with Crippen molar-refractivity contribution in [1.82, 2.24) is 4.57 Å². The van der Waals surface area contributed by atoms with Crippen LogP contribution < -0.4 is 10.6 Å². The number of urea groups is 1. The molecule has 0 aliphatic heterocycles. The monoisotopic (exact) mass is 487 g/mol. The Morgan fingerprint density at radius 2 is 1.60 bits per heavy atom. The maximum Gasteiger partial charge on any atom is 0.416 e. The summed E-state index contributed by atoms with van der Waals surface area (Å²) in [5, 5.41) is 5.09. The van der Waals surface area contributed by atoms with Crippen LogP contribution in [-0.4, -0.2) is 22.2 Å². The Balaban J connectivity index is 1.98. The third-order valence-corrected chi connectivity index (χ3v) is 5.30. The molecule has 0 radical (unpaired) electrons. The number of carbonyl (C=O) groups is 2. The van der Waals surface area contributed by atoms with Gasteiger partial charge in [0, 0.05) is 17.9 Å². The zero-order chi connectivity index (χ0) is 26.0. The number of anilines is 2. The van der Waals surface area contributed by atoms with Crippen LogP contribution in [0.4, 0.5) is 29.5 Å².